The summed E-state index contributed by atoms with van der Waals surface area (Å²) in [6.45, 7) is 4.27. The van der Waals surface area contributed by atoms with E-state index in [1.165, 1.54) is 22.3 Å². The van der Waals surface area contributed by atoms with E-state index in [4.69, 9.17) is 9.98 Å². The van der Waals surface area contributed by atoms with Gasteiger partial charge in [-0.15, -0.1) is 0 Å². The van der Waals surface area contributed by atoms with Crippen molar-refractivity contribution >= 4 is 23.8 Å². The standard InChI is InChI=1S/C40H32N2/c1-29-23-35(33-19-11-5-12-20-33)37(25-39(29)41-27-31-15-7-3-8-16-31)38-26-40(42-28-32-17-9-4-10-18-32)30(2)24-36(38)34-21-13-6-14-22-34/h3-28H,1-2H3. The van der Waals surface area contributed by atoms with Gasteiger partial charge in [-0.25, -0.2) is 0 Å². The fourth-order valence-corrected chi connectivity index (χ4v) is 5.20. The van der Waals surface area contributed by atoms with E-state index in [-0.39, 0.29) is 0 Å². The summed E-state index contributed by atoms with van der Waals surface area (Å²) in [7, 11) is 0. The molecule has 0 radical (unpaired) electrons. The van der Waals surface area contributed by atoms with E-state index in [9.17, 15) is 0 Å². The molecule has 0 saturated heterocycles. The van der Waals surface area contributed by atoms with Crippen LogP contribution in [0.15, 0.2) is 156 Å². The van der Waals surface area contributed by atoms with E-state index in [1.54, 1.807) is 0 Å². The average molecular weight is 541 g/mol. The zero-order valence-corrected chi connectivity index (χ0v) is 23.9. The van der Waals surface area contributed by atoms with Crippen molar-refractivity contribution in [1.29, 1.82) is 0 Å². The largest absolute Gasteiger partial charge is 0.256 e. The van der Waals surface area contributed by atoms with Gasteiger partial charge in [0.05, 0.1) is 11.4 Å². The Morgan fingerprint density at radius 3 is 1.07 bits per heavy atom. The van der Waals surface area contributed by atoms with E-state index in [2.05, 4.69) is 123 Å². The molecule has 6 rings (SSSR count). The zero-order valence-electron chi connectivity index (χ0n) is 23.9. The van der Waals surface area contributed by atoms with Crippen molar-refractivity contribution in [2.24, 2.45) is 9.98 Å². The Labute approximate surface area is 248 Å². The van der Waals surface area contributed by atoms with Gasteiger partial charge in [0, 0.05) is 12.4 Å². The van der Waals surface area contributed by atoms with E-state index < -0.39 is 0 Å². The van der Waals surface area contributed by atoms with E-state index in [0.717, 1.165) is 44.8 Å². The summed E-state index contributed by atoms with van der Waals surface area (Å²) in [6.07, 6.45) is 3.88. The quantitative estimate of drug-likeness (QED) is 0.180. The van der Waals surface area contributed by atoms with Crippen molar-refractivity contribution in [3.05, 3.63) is 168 Å². The molecule has 0 N–H and O–H groups in total. The van der Waals surface area contributed by atoms with Gasteiger partial charge in [0.25, 0.3) is 0 Å². The number of hydrogen-bond acceptors (Lipinski definition) is 2. The van der Waals surface area contributed by atoms with Gasteiger partial charge in [0.1, 0.15) is 0 Å². The Balaban J connectivity index is 1.58. The fraction of sp³-hybridized carbons (Fsp3) is 0.0500. The first kappa shape index (κ1) is 26.9. The highest BCUT2D eigenvalue weighted by Crippen LogP contribution is 2.43. The fourth-order valence-electron chi connectivity index (χ4n) is 5.20. The second-order valence-electron chi connectivity index (χ2n) is 10.4. The van der Waals surface area contributed by atoms with Crippen LogP contribution in [0.3, 0.4) is 0 Å². The molecule has 6 aromatic rings. The maximum absolute atomic E-state index is 4.96. The molecule has 6 aromatic carbocycles. The summed E-state index contributed by atoms with van der Waals surface area (Å²) >= 11 is 0. The van der Waals surface area contributed by atoms with Gasteiger partial charge < -0.3 is 0 Å². The van der Waals surface area contributed by atoms with Crippen LogP contribution < -0.4 is 0 Å². The molecule has 0 spiro atoms. The van der Waals surface area contributed by atoms with Gasteiger partial charge in [-0.1, -0.05) is 121 Å². The number of aliphatic imine (C=N–C) groups is 2. The molecule has 0 bridgehead atoms. The van der Waals surface area contributed by atoms with Gasteiger partial charge in [0.2, 0.25) is 0 Å². The molecule has 0 atom stereocenters. The lowest BCUT2D eigenvalue weighted by molar-refractivity contribution is 1.38. The van der Waals surface area contributed by atoms with E-state index in [1.807, 2.05) is 48.8 Å². The Morgan fingerprint density at radius 1 is 0.381 bits per heavy atom. The third kappa shape index (κ3) is 6.04. The summed E-state index contributed by atoms with van der Waals surface area (Å²) in [5, 5.41) is 0. The Bertz CT molecular complexity index is 1710. The lowest BCUT2D eigenvalue weighted by Crippen LogP contribution is -1.93. The van der Waals surface area contributed by atoms with Crippen molar-refractivity contribution in [3.63, 3.8) is 0 Å². The zero-order chi connectivity index (χ0) is 28.7. The molecule has 42 heavy (non-hydrogen) atoms. The van der Waals surface area contributed by atoms with Crippen LogP contribution in [0.1, 0.15) is 22.3 Å². The Morgan fingerprint density at radius 2 is 0.714 bits per heavy atom. The molecule has 0 amide bonds. The first-order valence-corrected chi connectivity index (χ1v) is 14.2. The average Bonchev–Trinajstić information content (AvgIpc) is 3.05. The third-order valence-electron chi connectivity index (χ3n) is 7.44. The number of hydrogen-bond donors (Lipinski definition) is 0. The van der Waals surface area contributed by atoms with Crippen molar-refractivity contribution < 1.29 is 0 Å². The van der Waals surface area contributed by atoms with Gasteiger partial charge in [-0.2, -0.15) is 0 Å². The molecule has 0 heterocycles. The van der Waals surface area contributed by atoms with Gasteiger partial charge in [-0.3, -0.25) is 9.98 Å². The SMILES string of the molecule is Cc1cc(-c2ccccc2)c(-c2cc(N=Cc3ccccc3)c(C)cc2-c2ccccc2)cc1N=Cc1ccccc1. The Hall–Kier alpha value is -5.34. The van der Waals surface area contributed by atoms with Crippen LogP contribution in [-0.2, 0) is 0 Å². The summed E-state index contributed by atoms with van der Waals surface area (Å²) in [4.78, 5) is 9.92. The molecular formula is C40H32N2. The van der Waals surface area contributed by atoms with Crippen molar-refractivity contribution in [1.82, 2.24) is 0 Å². The van der Waals surface area contributed by atoms with Crippen molar-refractivity contribution in [2.45, 2.75) is 13.8 Å². The highest BCUT2D eigenvalue weighted by Gasteiger charge is 2.17. The lowest BCUT2D eigenvalue weighted by atomic mass is 9.86. The number of benzene rings is 6. The predicted octanol–water partition coefficient (Wildman–Crippen LogP) is 10.8. The van der Waals surface area contributed by atoms with Crippen LogP contribution in [0.4, 0.5) is 11.4 Å². The molecule has 0 unspecified atom stereocenters. The van der Waals surface area contributed by atoms with Crippen molar-refractivity contribution in [3.8, 4) is 33.4 Å². The second-order valence-corrected chi connectivity index (χ2v) is 10.4. The van der Waals surface area contributed by atoms with E-state index >= 15 is 0 Å². The molecule has 2 nitrogen and oxygen atoms in total. The summed E-state index contributed by atoms with van der Waals surface area (Å²) in [5.74, 6) is 0. The van der Waals surface area contributed by atoms with Crippen molar-refractivity contribution in [2.75, 3.05) is 0 Å². The second kappa shape index (κ2) is 12.4. The minimum absolute atomic E-state index is 0.947. The molecule has 0 aromatic heterocycles. The van der Waals surface area contributed by atoms with Crippen LogP contribution in [-0.4, -0.2) is 12.4 Å². The molecule has 202 valence electrons. The van der Waals surface area contributed by atoms with Gasteiger partial charge >= 0.3 is 0 Å². The summed E-state index contributed by atoms with van der Waals surface area (Å²) in [5.41, 5.74) is 13.2. The highest BCUT2D eigenvalue weighted by molar-refractivity contribution is 5.96. The third-order valence-corrected chi connectivity index (χ3v) is 7.44. The number of nitrogens with zero attached hydrogens (tertiary/aromatic N) is 2. The van der Waals surface area contributed by atoms with Crippen LogP contribution in [0, 0.1) is 13.8 Å². The predicted molar refractivity (Wildman–Crippen MR) is 180 cm³/mol. The molecule has 0 saturated carbocycles. The van der Waals surface area contributed by atoms with Crippen LogP contribution in [0.2, 0.25) is 0 Å². The highest BCUT2D eigenvalue weighted by atomic mass is 14.7. The topological polar surface area (TPSA) is 24.7 Å². The van der Waals surface area contributed by atoms with Gasteiger partial charge in [0.15, 0.2) is 0 Å². The monoisotopic (exact) mass is 540 g/mol. The number of aryl methyl sites for hydroxylation is 2. The Kier molecular flexibility index (Phi) is 7.96. The smallest absolute Gasteiger partial charge is 0.0665 e. The molecule has 0 fully saturated rings. The molecule has 0 aliphatic rings. The van der Waals surface area contributed by atoms with Crippen LogP contribution in [0.25, 0.3) is 33.4 Å². The summed E-state index contributed by atoms with van der Waals surface area (Å²) in [6, 6.07) is 50.7. The lowest BCUT2D eigenvalue weighted by Gasteiger charge is -2.19. The number of rotatable bonds is 7. The van der Waals surface area contributed by atoms with Gasteiger partial charge in [-0.05, 0) is 93.7 Å². The normalized spacial score (nSPS) is 11.4. The minimum Gasteiger partial charge on any atom is -0.256 e. The first-order chi connectivity index (χ1) is 20.7. The first-order valence-electron chi connectivity index (χ1n) is 14.2. The molecule has 2 heteroatoms. The maximum Gasteiger partial charge on any atom is 0.0665 e. The maximum atomic E-state index is 4.96. The minimum atomic E-state index is 0.947. The van der Waals surface area contributed by atoms with E-state index in [0.29, 0.717) is 0 Å². The summed E-state index contributed by atoms with van der Waals surface area (Å²) < 4.78 is 0. The van der Waals surface area contributed by atoms with Crippen LogP contribution in [0.5, 0.6) is 0 Å². The molecular weight excluding hydrogens is 508 g/mol. The van der Waals surface area contributed by atoms with Crippen LogP contribution >= 0.6 is 0 Å². The molecule has 0 aliphatic heterocycles. The molecule has 0 aliphatic carbocycles.